The van der Waals surface area contributed by atoms with E-state index in [1.807, 2.05) is 32.6 Å². The number of phenolic OH excluding ortho intramolecular Hbond substituents is 1. The molecular formula is C30H37F3N4O7. The van der Waals surface area contributed by atoms with Crippen LogP contribution >= 0.6 is 0 Å². The zero-order valence-corrected chi connectivity index (χ0v) is 25.2. The molecule has 0 aliphatic carbocycles. The second-order valence-corrected chi connectivity index (χ2v) is 11.2. The first kappa shape index (κ1) is 34.2. The number of halogens is 3. The summed E-state index contributed by atoms with van der Waals surface area (Å²) in [6, 6.07) is 6.98. The minimum absolute atomic E-state index is 0.00367. The van der Waals surface area contributed by atoms with Gasteiger partial charge >= 0.3 is 12.1 Å². The Morgan fingerprint density at radius 2 is 1.70 bits per heavy atom. The first-order valence-corrected chi connectivity index (χ1v) is 13.9. The predicted molar refractivity (Wildman–Crippen MR) is 156 cm³/mol. The summed E-state index contributed by atoms with van der Waals surface area (Å²) < 4.78 is 42.9. The molecule has 1 amide bonds. The lowest BCUT2D eigenvalue weighted by Crippen LogP contribution is -2.36. The fourth-order valence-electron chi connectivity index (χ4n) is 4.81. The SMILES string of the molecule is CCOc1cc2c(cc1C(=O)NC)C(=N)N(CC(=O)c1cc(N3CCOCC3)c(O)c(C(C)(C)C)c1)C2.O=C(O)C(F)(F)F. The van der Waals surface area contributed by atoms with Crippen molar-refractivity contribution in [2.75, 3.05) is 51.4 Å². The molecule has 44 heavy (non-hydrogen) atoms. The fraction of sp³-hybridized carbons (Fsp3) is 0.467. The molecule has 1 fully saturated rings. The van der Waals surface area contributed by atoms with Gasteiger partial charge in [0.15, 0.2) is 5.78 Å². The smallest absolute Gasteiger partial charge is 0.490 e. The van der Waals surface area contributed by atoms with Gasteiger partial charge in [0.1, 0.15) is 17.3 Å². The molecule has 0 spiro atoms. The van der Waals surface area contributed by atoms with E-state index in [4.69, 9.17) is 24.8 Å². The summed E-state index contributed by atoms with van der Waals surface area (Å²) in [4.78, 5) is 38.6. The van der Waals surface area contributed by atoms with Gasteiger partial charge < -0.3 is 34.8 Å². The van der Waals surface area contributed by atoms with Crippen molar-refractivity contribution in [1.82, 2.24) is 10.2 Å². The van der Waals surface area contributed by atoms with Crippen molar-refractivity contribution >= 4 is 29.2 Å². The number of amides is 1. The summed E-state index contributed by atoms with van der Waals surface area (Å²) in [7, 11) is 1.55. The number of aliphatic carboxylic acids is 1. The van der Waals surface area contributed by atoms with Crippen LogP contribution in [0.4, 0.5) is 18.9 Å². The second-order valence-electron chi connectivity index (χ2n) is 11.2. The number of amidine groups is 1. The van der Waals surface area contributed by atoms with Gasteiger partial charge in [-0.05, 0) is 42.2 Å². The van der Waals surface area contributed by atoms with Gasteiger partial charge in [-0.3, -0.25) is 15.0 Å². The first-order valence-electron chi connectivity index (χ1n) is 13.9. The van der Waals surface area contributed by atoms with Gasteiger partial charge in [-0.2, -0.15) is 13.2 Å². The maximum atomic E-state index is 13.6. The average Bonchev–Trinajstić information content (AvgIpc) is 3.25. The number of ketones is 1. The highest BCUT2D eigenvalue weighted by atomic mass is 19.4. The zero-order valence-electron chi connectivity index (χ0n) is 25.2. The van der Waals surface area contributed by atoms with Crippen LogP contribution in [0.1, 0.15) is 65.1 Å². The van der Waals surface area contributed by atoms with Gasteiger partial charge in [0.2, 0.25) is 0 Å². The van der Waals surface area contributed by atoms with Crippen molar-refractivity contribution in [3.8, 4) is 11.5 Å². The predicted octanol–water partition coefficient (Wildman–Crippen LogP) is 3.94. The molecule has 11 nitrogen and oxygen atoms in total. The molecule has 2 aromatic rings. The summed E-state index contributed by atoms with van der Waals surface area (Å²) in [5.41, 5.74) is 3.28. The number of ether oxygens (including phenoxy) is 2. The van der Waals surface area contributed by atoms with Crippen molar-refractivity contribution in [2.45, 2.75) is 45.8 Å². The highest BCUT2D eigenvalue weighted by Crippen LogP contribution is 2.40. The third-order valence-corrected chi connectivity index (χ3v) is 7.06. The van der Waals surface area contributed by atoms with E-state index < -0.39 is 12.1 Å². The van der Waals surface area contributed by atoms with Gasteiger partial charge in [-0.25, -0.2) is 4.79 Å². The van der Waals surface area contributed by atoms with Crippen LogP contribution in [0.5, 0.6) is 11.5 Å². The molecule has 1 saturated heterocycles. The topological polar surface area (TPSA) is 152 Å². The largest absolute Gasteiger partial charge is 0.505 e. The zero-order chi connectivity index (χ0) is 33.0. The van der Waals surface area contributed by atoms with Crippen molar-refractivity contribution in [3.63, 3.8) is 0 Å². The number of fused-ring (bicyclic) bond motifs is 1. The number of alkyl halides is 3. The van der Waals surface area contributed by atoms with Crippen LogP contribution in [0.25, 0.3) is 0 Å². The highest BCUT2D eigenvalue weighted by Gasteiger charge is 2.38. The fourth-order valence-corrected chi connectivity index (χ4v) is 4.81. The standard InChI is InChI=1S/C28H36N4O5.C2HF3O2/c1-6-37-24-13-18-15-32(26(29)19(18)14-20(24)27(35)30-5)16-23(33)17-11-21(28(2,3)4)25(34)22(12-17)31-7-9-36-10-8-31;3-2(4,5)1(6)7/h11-14,29,34H,6-10,15-16H2,1-5H3,(H,30,35);(H,6,7). The van der Waals surface area contributed by atoms with Gasteiger partial charge in [-0.1, -0.05) is 20.8 Å². The van der Waals surface area contributed by atoms with E-state index in [1.165, 1.54) is 0 Å². The van der Waals surface area contributed by atoms with Crippen molar-refractivity contribution in [2.24, 2.45) is 0 Å². The van der Waals surface area contributed by atoms with Gasteiger partial charge in [-0.15, -0.1) is 0 Å². The Kier molecular flexibility index (Phi) is 10.5. The van der Waals surface area contributed by atoms with Gasteiger partial charge in [0, 0.05) is 43.4 Å². The number of carbonyl (C=O) groups is 3. The Bertz CT molecular complexity index is 1430. The normalized spacial score (nSPS) is 14.9. The Morgan fingerprint density at radius 1 is 1.09 bits per heavy atom. The van der Waals surface area contributed by atoms with E-state index in [-0.39, 0.29) is 35.2 Å². The number of anilines is 1. The molecule has 0 saturated carbocycles. The summed E-state index contributed by atoms with van der Waals surface area (Å²) in [6.07, 6.45) is -5.08. The molecule has 2 aromatic carbocycles. The Morgan fingerprint density at radius 3 is 2.23 bits per heavy atom. The quantitative estimate of drug-likeness (QED) is 0.337. The highest BCUT2D eigenvalue weighted by molar-refractivity contribution is 6.08. The number of Topliss-reactive ketones (excluding diaryl/α,β-unsaturated/α-hetero) is 1. The Labute approximate surface area is 253 Å². The number of phenols is 1. The number of nitrogens with zero attached hydrogens (tertiary/aromatic N) is 2. The minimum Gasteiger partial charge on any atom is -0.505 e. The van der Waals surface area contributed by atoms with E-state index in [0.29, 0.717) is 73.1 Å². The third kappa shape index (κ3) is 7.78. The number of nitrogens with one attached hydrogen (secondary N) is 2. The van der Waals surface area contributed by atoms with E-state index in [1.54, 1.807) is 36.2 Å². The lowest BCUT2D eigenvalue weighted by atomic mass is 9.84. The number of carboxylic acid groups (broad SMARTS) is 1. The molecule has 2 heterocycles. The third-order valence-electron chi connectivity index (χ3n) is 7.06. The van der Waals surface area contributed by atoms with Crippen molar-refractivity contribution in [1.29, 1.82) is 5.41 Å². The lowest BCUT2D eigenvalue weighted by molar-refractivity contribution is -0.192. The Balaban J connectivity index is 0.000000676. The van der Waals surface area contributed by atoms with Crippen molar-refractivity contribution in [3.05, 3.63) is 52.1 Å². The molecule has 0 radical (unpaired) electrons. The summed E-state index contributed by atoms with van der Waals surface area (Å²) in [5.74, 6) is -2.34. The number of benzene rings is 2. The molecule has 0 unspecified atom stereocenters. The lowest BCUT2D eigenvalue weighted by Gasteiger charge is -2.32. The van der Waals surface area contributed by atoms with E-state index in [9.17, 15) is 27.9 Å². The first-order chi connectivity index (χ1) is 20.5. The number of hydrogen-bond donors (Lipinski definition) is 4. The number of rotatable bonds is 7. The van der Waals surface area contributed by atoms with Crippen LogP contribution in [0, 0.1) is 5.41 Å². The monoisotopic (exact) mass is 622 g/mol. The molecule has 2 aliphatic heterocycles. The molecule has 0 atom stereocenters. The van der Waals surface area contributed by atoms with Crippen LogP contribution < -0.4 is 15.0 Å². The molecule has 2 aliphatic rings. The summed E-state index contributed by atoms with van der Waals surface area (Å²) in [6.45, 7) is 11.0. The Hall–Kier alpha value is -4.33. The summed E-state index contributed by atoms with van der Waals surface area (Å²) in [5, 5.41) is 29.6. The molecule has 240 valence electrons. The van der Waals surface area contributed by atoms with Crippen LogP contribution in [0.15, 0.2) is 24.3 Å². The molecule has 4 N–H and O–H groups in total. The second kappa shape index (κ2) is 13.5. The molecule has 0 aromatic heterocycles. The van der Waals surface area contributed by atoms with E-state index in [2.05, 4.69) is 5.32 Å². The van der Waals surface area contributed by atoms with Gasteiger partial charge in [0.05, 0.1) is 37.6 Å². The van der Waals surface area contributed by atoms with Crippen LogP contribution in [-0.2, 0) is 21.5 Å². The van der Waals surface area contributed by atoms with E-state index >= 15 is 0 Å². The number of hydrogen-bond acceptors (Lipinski definition) is 8. The molecule has 4 rings (SSSR count). The maximum absolute atomic E-state index is 13.6. The number of morpholine rings is 1. The van der Waals surface area contributed by atoms with Crippen LogP contribution in [0.3, 0.4) is 0 Å². The van der Waals surface area contributed by atoms with Gasteiger partial charge in [0.25, 0.3) is 5.91 Å². The summed E-state index contributed by atoms with van der Waals surface area (Å²) >= 11 is 0. The molecule has 14 heteroatoms. The maximum Gasteiger partial charge on any atom is 0.490 e. The number of aromatic hydroxyl groups is 1. The minimum atomic E-state index is -5.08. The molecular weight excluding hydrogens is 585 g/mol. The van der Waals surface area contributed by atoms with Crippen LogP contribution in [0.2, 0.25) is 0 Å². The van der Waals surface area contributed by atoms with Crippen LogP contribution in [-0.4, -0.2) is 91.3 Å². The molecule has 0 bridgehead atoms. The van der Waals surface area contributed by atoms with Crippen molar-refractivity contribution < 1.29 is 47.2 Å². The number of carbonyl (C=O) groups excluding carboxylic acids is 2. The van der Waals surface area contributed by atoms with E-state index in [0.717, 1.165) is 5.56 Å². The number of carboxylic acids is 1. The average molecular weight is 623 g/mol.